The summed E-state index contributed by atoms with van der Waals surface area (Å²) in [5.41, 5.74) is 0.319. The van der Waals surface area contributed by atoms with Crippen molar-refractivity contribution in [2.75, 3.05) is 13.4 Å². The summed E-state index contributed by atoms with van der Waals surface area (Å²) < 4.78 is 23.4. The summed E-state index contributed by atoms with van der Waals surface area (Å²) in [4.78, 5) is 0. The van der Waals surface area contributed by atoms with Gasteiger partial charge in [-0.15, -0.1) is 0 Å². The molecule has 1 unspecified atom stereocenters. The van der Waals surface area contributed by atoms with Crippen LogP contribution in [0.3, 0.4) is 0 Å². The van der Waals surface area contributed by atoms with Crippen molar-refractivity contribution < 1.29 is 24.1 Å². The molecule has 1 aliphatic heterocycles. The SMILES string of the molecule is CC(CO)c1cc2c(c(F)c1O)OCO2. The van der Waals surface area contributed by atoms with E-state index in [0.29, 0.717) is 5.56 Å². The third kappa shape index (κ3) is 1.48. The molecular weight excluding hydrogens is 203 g/mol. The standard InChI is InChI=1S/C10H11FO4/c1-5(3-12)6-2-7-10(15-4-14-7)8(11)9(6)13/h2,5,12-13H,3-4H2,1H3. The zero-order valence-electron chi connectivity index (χ0n) is 8.16. The molecule has 1 aromatic rings. The molecular formula is C10H11FO4. The van der Waals surface area contributed by atoms with Crippen LogP contribution in [0, 0.1) is 5.82 Å². The molecule has 0 aromatic heterocycles. The van der Waals surface area contributed by atoms with Crippen molar-refractivity contribution in [3.8, 4) is 17.2 Å². The molecule has 1 heterocycles. The average molecular weight is 214 g/mol. The lowest BCUT2D eigenvalue weighted by Crippen LogP contribution is -2.00. The number of halogens is 1. The van der Waals surface area contributed by atoms with E-state index in [1.165, 1.54) is 6.07 Å². The maximum atomic E-state index is 13.5. The summed E-state index contributed by atoms with van der Waals surface area (Å²) in [5.74, 6) is -1.47. The number of aliphatic hydroxyl groups excluding tert-OH is 1. The van der Waals surface area contributed by atoms with Crippen LogP contribution < -0.4 is 9.47 Å². The van der Waals surface area contributed by atoms with Crippen LogP contribution in [0.25, 0.3) is 0 Å². The molecule has 1 aliphatic rings. The number of ether oxygens (including phenoxy) is 2. The lowest BCUT2D eigenvalue weighted by atomic mass is 10.00. The van der Waals surface area contributed by atoms with Gasteiger partial charge in [0.2, 0.25) is 18.4 Å². The van der Waals surface area contributed by atoms with Crippen molar-refractivity contribution >= 4 is 0 Å². The molecule has 0 saturated heterocycles. The lowest BCUT2D eigenvalue weighted by molar-refractivity contribution is 0.170. The fraction of sp³-hybridized carbons (Fsp3) is 0.400. The second-order valence-corrected chi connectivity index (χ2v) is 3.45. The lowest BCUT2D eigenvalue weighted by Gasteiger charge is -2.12. The molecule has 15 heavy (non-hydrogen) atoms. The minimum absolute atomic E-state index is 0.0529. The van der Waals surface area contributed by atoms with Crippen LogP contribution in [0.4, 0.5) is 4.39 Å². The average Bonchev–Trinajstić information content (AvgIpc) is 2.70. The van der Waals surface area contributed by atoms with E-state index in [1.807, 2.05) is 0 Å². The van der Waals surface area contributed by atoms with Crippen molar-refractivity contribution in [1.29, 1.82) is 0 Å². The van der Waals surface area contributed by atoms with Gasteiger partial charge in [0, 0.05) is 18.1 Å². The summed E-state index contributed by atoms with van der Waals surface area (Å²) in [7, 11) is 0. The first-order valence-electron chi connectivity index (χ1n) is 4.57. The first-order chi connectivity index (χ1) is 7.15. The van der Waals surface area contributed by atoms with Crippen LogP contribution in [0.15, 0.2) is 6.07 Å². The molecule has 0 saturated carbocycles. The molecule has 0 aliphatic carbocycles. The van der Waals surface area contributed by atoms with E-state index in [1.54, 1.807) is 6.92 Å². The van der Waals surface area contributed by atoms with E-state index in [9.17, 15) is 9.50 Å². The second-order valence-electron chi connectivity index (χ2n) is 3.45. The minimum Gasteiger partial charge on any atom is -0.505 e. The predicted octanol–water partition coefficient (Wildman–Crippen LogP) is 1.36. The maximum absolute atomic E-state index is 13.5. The van der Waals surface area contributed by atoms with Crippen molar-refractivity contribution in [2.45, 2.75) is 12.8 Å². The molecule has 1 atom stereocenters. The van der Waals surface area contributed by atoms with Crippen molar-refractivity contribution in [3.63, 3.8) is 0 Å². The summed E-state index contributed by atoms with van der Waals surface area (Å²) in [5, 5.41) is 18.5. The van der Waals surface area contributed by atoms with Crippen molar-refractivity contribution in [3.05, 3.63) is 17.4 Å². The number of hydrogen-bond donors (Lipinski definition) is 2. The maximum Gasteiger partial charge on any atom is 0.231 e. The molecule has 2 N–H and O–H groups in total. The Morgan fingerprint density at radius 3 is 2.93 bits per heavy atom. The monoisotopic (exact) mass is 214 g/mol. The van der Waals surface area contributed by atoms with Gasteiger partial charge in [-0.2, -0.15) is 4.39 Å². The first kappa shape index (κ1) is 10.0. The summed E-state index contributed by atoms with van der Waals surface area (Å²) in [6.45, 7) is 1.45. The molecule has 0 amide bonds. The number of phenols is 1. The van der Waals surface area contributed by atoms with Gasteiger partial charge >= 0.3 is 0 Å². The Balaban J connectivity index is 2.54. The van der Waals surface area contributed by atoms with Gasteiger partial charge in [-0.3, -0.25) is 0 Å². The van der Waals surface area contributed by atoms with Crippen LogP contribution in [-0.4, -0.2) is 23.6 Å². The Labute approximate surface area is 85.9 Å². The fourth-order valence-corrected chi connectivity index (χ4v) is 1.49. The van der Waals surface area contributed by atoms with Crippen LogP contribution in [0.5, 0.6) is 17.2 Å². The smallest absolute Gasteiger partial charge is 0.231 e. The molecule has 0 radical (unpaired) electrons. The van der Waals surface area contributed by atoms with Gasteiger partial charge in [0.25, 0.3) is 0 Å². The highest BCUT2D eigenvalue weighted by molar-refractivity contribution is 5.53. The van der Waals surface area contributed by atoms with Crippen LogP contribution in [0.2, 0.25) is 0 Å². The number of aliphatic hydroxyl groups is 1. The van der Waals surface area contributed by atoms with Gasteiger partial charge in [0.05, 0.1) is 0 Å². The molecule has 0 spiro atoms. The Hall–Kier alpha value is -1.49. The number of hydrogen-bond acceptors (Lipinski definition) is 4. The number of fused-ring (bicyclic) bond motifs is 1. The van der Waals surface area contributed by atoms with Crippen molar-refractivity contribution in [2.24, 2.45) is 0 Å². The van der Waals surface area contributed by atoms with Gasteiger partial charge in [0.1, 0.15) is 0 Å². The van der Waals surface area contributed by atoms with E-state index in [4.69, 9.17) is 14.6 Å². The normalized spacial score (nSPS) is 15.4. The highest BCUT2D eigenvalue weighted by Crippen LogP contribution is 2.43. The van der Waals surface area contributed by atoms with Gasteiger partial charge in [0.15, 0.2) is 11.5 Å². The Morgan fingerprint density at radius 1 is 1.53 bits per heavy atom. The highest BCUT2D eigenvalue weighted by Gasteiger charge is 2.26. The molecule has 2 rings (SSSR count). The van der Waals surface area contributed by atoms with Gasteiger partial charge in [-0.05, 0) is 6.07 Å². The number of phenolic OH excluding ortho intramolecular Hbond substituents is 1. The topological polar surface area (TPSA) is 58.9 Å². The Bertz CT molecular complexity index is 391. The van der Waals surface area contributed by atoms with E-state index in [2.05, 4.69) is 0 Å². The molecule has 82 valence electrons. The number of rotatable bonds is 2. The van der Waals surface area contributed by atoms with Crippen molar-refractivity contribution in [1.82, 2.24) is 0 Å². The minimum atomic E-state index is -0.833. The zero-order valence-corrected chi connectivity index (χ0v) is 8.16. The summed E-state index contributed by atoms with van der Waals surface area (Å²) >= 11 is 0. The van der Waals surface area contributed by atoms with Gasteiger partial charge in [-0.1, -0.05) is 6.92 Å². The quantitative estimate of drug-likeness (QED) is 0.780. The van der Waals surface area contributed by atoms with E-state index < -0.39 is 11.6 Å². The van der Waals surface area contributed by atoms with E-state index in [-0.39, 0.29) is 30.8 Å². The summed E-state index contributed by atoms with van der Waals surface area (Å²) in [6, 6.07) is 1.49. The largest absolute Gasteiger partial charge is 0.505 e. The Kier molecular flexibility index (Phi) is 2.40. The highest BCUT2D eigenvalue weighted by atomic mass is 19.1. The zero-order chi connectivity index (χ0) is 11.0. The predicted molar refractivity (Wildman–Crippen MR) is 49.7 cm³/mol. The first-order valence-corrected chi connectivity index (χ1v) is 4.57. The molecule has 1 aromatic carbocycles. The van der Waals surface area contributed by atoms with Crippen LogP contribution >= 0.6 is 0 Å². The number of aromatic hydroxyl groups is 1. The summed E-state index contributed by atoms with van der Waals surface area (Å²) in [6.07, 6.45) is 0. The van der Waals surface area contributed by atoms with Crippen LogP contribution in [0.1, 0.15) is 18.4 Å². The van der Waals surface area contributed by atoms with Gasteiger partial charge in [-0.25, -0.2) is 0 Å². The van der Waals surface area contributed by atoms with Crippen LogP contribution in [-0.2, 0) is 0 Å². The third-order valence-corrected chi connectivity index (χ3v) is 2.41. The second kappa shape index (κ2) is 3.58. The van der Waals surface area contributed by atoms with E-state index in [0.717, 1.165) is 0 Å². The molecule has 4 nitrogen and oxygen atoms in total. The molecule has 0 fully saturated rings. The van der Waals surface area contributed by atoms with Gasteiger partial charge < -0.3 is 19.7 Å². The van der Waals surface area contributed by atoms with E-state index >= 15 is 0 Å². The fourth-order valence-electron chi connectivity index (χ4n) is 1.49. The Morgan fingerprint density at radius 2 is 2.27 bits per heavy atom. The molecule has 5 heteroatoms. The number of benzene rings is 1. The molecule has 0 bridgehead atoms. The third-order valence-electron chi connectivity index (χ3n) is 2.41.